The number of hydrogen-bond acceptors (Lipinski definition) is 2. The number of amides is 1. The molecule has 1 aliphatic heterocycles. The van der Waals surface area contributed by atoms with Crippen molar-refractivity contribution < 1.29 is 13.9 Å². The van der Waals surface area contributed by atoms with Gasteiger partial charge in [-0.1, -0.05) is 6.07 Å². The van der Waals surface area contributed by atoms with E-state index in [4.69, 9.17) is 4.74 Å². The third kappa shape index (κ3) is 2.47. The summed E-state index contributed by atoms with van der Waals surface area (Å²) in [6.07, 6.45) is 0. The van der Waals surface area contributed by atoms with Crippen LogP contribution in [0.4, 0.5) is 4.39 Å². The fraction of sp³-hybridized carbons (Fsp3) is 0.462. The molecule has 1 fully saturated rings. The molecule has 1 aliphatic rings. The fourth-order valence-electron chi connectivity index (χ4n) is 2.18. The molecule has 1 amide bonds. The average molecular weight is 237 g/mol. The Bertz CT molecular complexity index is 412. The van der Waals surface area contributed by atoms with Crippen molar-refractivity contribution >= 4 is 5.91 Å². The van der Waals surface area contributed by atoms with Crippen molar-refractivity contribution in [2.45, 2.75) is 25.9 Å². The van der Waals surface area contributed by atoms with Gasteiger partial charge in [-0.15, -0.1) is 0 Å². The summed E-state index contributed by atoms with van der Waals surface area (Å²) in [6, 6.07) is 5.85. The van der Waals surface area contributed by atoms with Crippen LogP contribution in [0.25, 0.3) is 0 Å². The fourth-order valence-corrected chi connectivity index (χ4v) is 2.18. The number of benzene rings is 1. The van der Waals surface area contributed by atoms with Gasteiger partial charge in [0.25, 0.3) is 5.91 Å². The molecule has 1 aromatic rings. The Kier molecular flexibility index (Phi) is 3.43. The number of carbonyl (C=O) groups is 1. The van der Waals surface area contributed by atoms with Gasteiger partial charge in [-0.3, -0.25) is 4.79 Å². The third-order valence-electron chi connectivity index (χ3n) is 2.97. The number of nitrogens with zero attached hydrogens (tertiary/aromatic N) is 1. The van der Waals surface area contributed by atoms with Crippen LogP contribution in [0.5, 0.6) is 0 Å². The molecule has 0 saturated carbocycles. The first-order valence-electron chi connectivity index (χ1n) is 5.75. The van der Waals surface area contributed by atoms with Gasteiger partial charge in [0.2, 0.25) is 0 Å². The van der Waals surface area contributed by atoms with E-state index < -0.39 is 0 Å². The summed E-state index contributed by atoms with van der Waals surface area (Å²) in [7, 11) is 0. The lowest BCUT2D eigenvalue weighted by atomic mass is 10.1. The Morgan fingerprint density at radius 1 is 1.35 bits per heavy atom. The number of morpholine rings is 1. The summed E-state index contributed by atoms with van der Waals surface area (Å²) < 4.78 is 18.5. The molecular formula is C13H16FNO2. The van der Waals surface area contributed by atoms with E-state index in [1.54, 1.807) is 17.0 Å². The summed E-state index contributed by atoms with van der Waals surface area (Å²) in [6.45, 7) is 4.94. The van der Waals surface area contributed by atoms with E-state index in [1.807, 2.05) is 13.8 Å². The second kappa shape index (κ2) is 4.84. The quantitative estimate of drug-likeness (QED) is 0.748. The zero-order valence-corrected chi connectivity index (χ0v) is 10.0. The Morgan fingerprint density at radius 2 is 2.00 bits per heavy atom. The number of halogens is 1. The smallest absolute Gasteiger partial charge is 0.254 e. The molecule has 2 rings (SSSR count). The zero-order chi connectivity index (χ0) is 12.4. The highest BCUT2D eigenvalue weighted by Crippen LogP contribution is 2.17. The minimum atomic E-state index is -0.385. The normalized spacial score (nSPS) is 24.8. The monoisotopic (exact) mass is 237 g/mol. The molecule has 4 heteroatoms. The summed E-state index contributed by atoms with van der Waals surface area (Å²) in [5, 5.41) is 0. The van der Waals surface area contributed by atoms with Crippen LogP contribution in [-0.2, 0) is 4.74 Å². The van der Waals surface area contributed by atoms with Crippen LogP contribution in [0, 0.1) is 5.82 Å². The Morgan fingerprint density at radius 3 is 2.59 bits per heavy atom. The lowest BCUT2D eigenvalue weighted by Crippen LogP contribution is -2.52. The summed E-state index contributed by atoms with van der Waals surface area (Å²) >= 11 is 0. The first kappa shape index (κ1) is 12.0. The second-order valence-electron chi connectivity index (χ2n) is 4.46. The molecule has 0 spiro atoms. The van der Waals surface area contributed by atoms with Crippen LogP contribution in [0.15, 0.2) is 24.3 Å². The summed E-state index contributed by atoms with van der Waals surface area (Å²) in [5.41, 5.74) is 0.394. The van der Waals surface area contributed by atoms with Gasteiger partial charge < -0.3 is 9.64 Å². The minimum absolute atomic E-state index is 0.0227. The minimum Gasteiger partial charge on any atom is -0.377 e. The van der Waals surface area contributed by atoms with Crippen LogP contribution < -0.4 is 0 Å². The maximum absolute atomic E-state index is 13.1. The van der Waals surface area contributed by atoms with Gasteiger partial charge in [-0.2, -0.15) is 0 Å². The Balaban J connectivity index is 2.24. The molecular weight excluding hydrogens is 221 g/mol. The van der Waals surface area contributed by atoms with E-state index in [0.717, 1.165) is 0 Å². The van der Waals surface area contributed by atoms with Gasteiger partial charge in [-0.25, -0.2) is 4.39 Å². The van der Waals surface area contributed by atoms with Gasteiger partial charge >= 0.3 is 0 Å². The average Bonchev–Trinajstić information content (AvgIpc) is 2.28. The van der Waals surface area contributed by atoms with E-state index >= 15 is 0 Å². The van der Waals surface area contributed by atoms with Gasteiger partial charge in [0, 0.05) is 5.56 Å². The molecule has 0 unspecified atom stereocenters. The Hall–Kier alpha value is -1.42. The van der Waals surface area contributed by atoms with E-state index in [1.165, 1.54) is 12.1 Å². The van der Waals surface area contributed by atoms with E-state index in [-0.39, 0.29) is 23.8 Å². The van der Waals surface area contributed by atoms with Gasteiger partial charge in [0.05, 0.1) is 25.3 Å². The molecule has 0 aliphatic carbocycles. The molecule has 1 aromatic carbocycles. The van der Waals surface area contributed by atoms with Crippen LogP contribution in [0.1, 0.15) is 24.2 Å². The van der Waals surface area contributed by atoms with Crippen molar-refractivity contribution in [1.29, 1.82) is 0 Å². The molecule has 1 saturated heterocycles. The van der Waals surface area contributed by atoms with E-state index in [0.29, 0.717) is 18.8 Å². The maximum atomic E-state index is 13.1. The molecule has 92 valence electrons. The molecule has 3 nitrogen and oxygen atoms in total. The summed E-state index contributed by atoms with van der Waals surface area (Å²) in [4.78, 5) is 14.0. The van der Waals surface area contributed by atoms with Crippen LogP contribution >= 0.6 is 0 Å². The lowest BCUT2D eigenvalue weighted by molar-refractivity contribution is -0.0249. The molecule has 0 bridgehead atoms. The van der Waals surface area contributed by atoms with E-state index in [2.05, 4.69) is 0 Å². The molecule has 0 N–H and O–H groups in total. The number of hydrogen-bond donors (Lipinski definition) is 0. The molecule has 0 aromatic heterocycles. The largest absolute Gasteiger partial charge is 0.377 e. The molecule has 1 heterocycles. The third-order valence-corrected chi connectivity index (χ3v) is 2.97. The number of ether oxygens (including phenoxy) is 1. The van der Waals surface area contributed by atoms with Crippen molar-refractivity contribution in [3.05, 3.63) is 35.6 Å². The Labute approximate surface area is 100 Å². The summed E-state index contributed by atoms with van der Waals surface area (Å²) in [5.74, 6) is -0.516. The van der Waals surface area contributed by atoms with E-state index in [9.17, 15) is 9.18 Å². The number of carbonyl (C=O) groups excluding carboxylic acids is 1. The van der Waals surface area contributed by atoms with Gasteiger partial charge in [0.15, 0.2) is 0 Å². The first-order valence-corrected chi connectivity index (χ1v) is 5.75. The van der Waals surface area contributed by atoms with Gasteiger partial charge in [0.1, 0.15) is 5.82 Å². The highest BCUT2D eigenvalue weighted by Gasteiger charge is 2.30. The molecule has 17 heavy (non-hydrogen) atoms. The number of rotatable bonds is 1. The van der Waals surface area contributed by atoms with Gasteiger partial charge in [-0.05, 0) is 32.0 Å². The molecule has 2 atom stereocenters. The predicted octanol–water partition coefficient (Wildman–Crippen LogP) is 2.08. The highest BCUT2D eigenvalue weighted by molar-refractivity contribution is 5.94. The van der Waals surface area contributed by atoms with Crippen LogP contribution in [-0.4, -0.2) is 36.1 Å². The zero-order valence-electron chi connectivity index (χ0n) is 10.0. The van der Waals surface area contributed by atoms with Crippen LogP contribution in [0.3, 0.4) is 0 Å². The molecule has 0 radical (unpaired) electrons. The first-order chi connectivity index (χ1) is 8.09. The predicted molar refractivity (Wildman–Crippen MR) is 62.3 cm³/mol. The second-order valence-corrected chi connectivity index (χ2v) is 4.46. The topological polar surface area (TPSA) is 29.5 Å². The van der Waals surface area contributed by atoms with Crippen LogP contribution in [0.2, 0.25) is 0 Å². The maximum Gasteiger partial charge on any atom is 0.254 e. The SMILES string of the molecule is C[C@@H]1COC[C@@H](C)N1C(=O)c1cccc(F)c1. The van der Waals surface area contributed by atoms with Crippen molar-refractivity contribution in [2.75, 3.05) is 13.2 Å². The standard InChI is InChI=1S/C13H16FNO2/c1-9-7-17-8-10(2)15(9)13(16)11-4-3-5-12(14)6-11/h3-6,9-10H,7-8H2,1-2H3/t9-,10-/m1/s1. The highest BCUT2D eigenvalue weighted by atomic mass is 19.1. The van der Waals surface area contributed by atoms with Crippen molar-refractivity contribution in [3.63, 3.8) is 0 Å². The van der Waals surface area contributed by atoms with Crippen molar-refractivity contribution in [1.82, 2.24) is 4.90 Å². The van der Waals surface area contributed by atoms with Crippen molar-refractivity contribution in [2.24, 2.45) is 0 Å². The lowest BCUT2D eigenvalue weighted by Gasteiger charge is -2.38. The van der Waals surface area contributed by atoms with Crippen molar-refractivity contribution in [3.8, 4) is 0 Å².